The summed E-state index contributed by atoms with van der Waals surface area (Å²) in [6.45, 7) is 1.74. The second-order valence-electron chi connectivity index (χ2n) is 6.36. The van der Waals surface area contributed by atoms with Gasteiger partial charge in [0.1, 0.15) is 6.07 Å². The van der Waals surface area contributed by atoms with Crippen molar-refractivity contribution in [2.45, 2.75) is 5.09 Å². The Hall–Kier alpha value is -3.15. The van der Waals surface area contributed by atoms with Crippen LogP contribution in [0.5, 0.6) is 0 Å². The molecule has 0 radical (unpaired) electrons. The van der Waals surface area contributed by atoms with Crippen molar-refractivity contribution in [2.24, 2.45) is 0 Å². The fourth-order valence-corrected chi connectivity index (χ4v) is 4.60. The van der Waals surface area contributed by atoms with Crippen molar-refractivity contribution in [3.8, 4) is 17.5 Å². The normalized spacial score (nSPS) is 15.3. The van der Waals surface area contributed by atoms with E-state index in [1.54, 1.807) is 24.3 Å². The van der Waals surface area contributed by atoms with Crippen LogP contribution in [0, 0.1) is 11.3 Å². The quantitative estimate of drug-likeness (QED) is 0.676. The van der Waals surface area contributed by atoms with E-state index >= 15 is 0 Å². The molecular formula is C20H18N4O3S. The maximum atomic E-state index is 13.1. The van der Waals surface area contributed by atoms with Crippen LogP contribution in [-0.2, 0) is 10.0 Å². The van der Waals surface area contributed by atoms with Crippen LogP contribution in [0.3, 0.4) is 0 Å². The zero-order chi connectivity index (χ0) is 19.6. The third-order valence-corrected chi connectivity index (χ3v) is 6.45. The molecule has 0 N–H and O–H groups in total. The number of hydrogen-bond donors (Lipinski definition) is 0. The molecule has 1 aromatic heterocycles. The Bertz CT molecular complexity index is 1100. The van der Waals surface area contributed by atoms with Crippen LogP contribution in [0.4, 0.5) is 5.69 Å². The van der Waals surface area contributed by atoms with Gasteiger partial charge < -0.3 is 9.32 Å². The minimum absolute atomic E-state index is 0.124. The third kappa shape index (κ3) is 3.38. The van der Waals surface area contributed by atoms with Gasteiger partial charge in [0, 0.05) is 37.4 Å². The average Bonchev–Trinajstić information content (AvgIpc) is 3.21. The van der Waals surface area contributed by atoms with Crippen LogP contribution < -0.4 is 4.90 Å². The lowest BCUT2D eigenvalue weighted by Crippen LogP contribution is -2.48. The number of oxazole rings is 1. The average molecular weight is 394 g/mol. The first kappa shape index (κ1) is 18.2. The van der Waals surface area contributed by atoms with E-state index < -0.39 is 10.0 Å². The molecule has 8 heteroatoms. The molecule has 0 aliphatic carbocycles. The van der Waals surface area contributed by atoms with Crippen LogP contribution in [-0.4, -0.2) is 43.9 Å². The maximum Gasteiger partial charge on any atom is 0.279 e. The van der Waals surface area contributed by atoms with Crippen molar-refractivity contribution in [3.63, 3.8) is 0 Å². The first-order chi connectivity index (χ1) is 13.6. The maximum absolute atomic E-state index is 13.1. The SMILES string of the molecule is N#Cc1nc(-c2ccccc2)oc1S(=O)(=O)N1CCN(c2ccccc2)CC1. The van der Waals surface area contributed by atoms with Gasteiger partial charge in [0.25, 0.3) is 15.1 Å². The van der Waals surface area contributed by atoms with Crippen LogP contribution in [0.1, 0.15) is 5.69 Å². The molecule has 2 heterocycles. The van der Waals surface area contributed by atoms with Gasteiger partial charge >= 0.3 is 0 Å². The number of piperazine rings is 1. The van der Waals surface area contributed by atoms with E-state index in [2.05, 4.69) is 9.88 Å². The number of nitriles is 1. The predicted molar refractivity (Wildman–Crippen MR) is 104 cm³/mol. The van der Waals surface area contributed by atoms with Crippen molar-refractivity contribution < 1.29 is 12.8 Å². The first-order valence-electron chi connectivity index (χ1n) is 8.86. The molecule has 1 aliphatic rings. The highest BCUT2D eigenvalue weighted by atomic mass is 32.2. The highest BCUT2D eigenvalue weighted by molar-refractivity contribution is 7.89. The Morgan fingerprint density at radius 3 is 2.14 bits per heavy atom. The minimum Gasteiger partial charge on any atom is -0.422 e. The molecule has 0 amide bonds. The van der Waals surface area contributed by atoms with Crippen LogP contribution in [0.15, 0.2) is 70.2 Å². The molecule has 3 aromatic rings. The van der Waals surface area contributed by atoms with Gasteiger partial charge in [-0.1, -0.05) is 36.4 Å². The summed E-state index contributed by atoms with van der Waals surface area (Å²) in [4.78, 5) is 6.21. The number of rotatable bonds is 4. The van der Waals surface area contributed by atoms with Gasteiger partial charge in [-0.25, -0.2) is 8.42 Å². The van der Waals surface area contributed by atoms with E-state index in [1.807, 2.05) is 42.5 Å². The van der Waals surface area contributed by atoms with Gasteiger partial charge in [-0.15, -0.1) is 0 Å². The predicted octanol–water partition coefficient (Wildman–Crippen LogP) is 2.72. The van der Waals surface area contributed by atoms with Crippen molar-refractivity contribution in [1.82, 2.24) is 9.29 Å². The van der Waals surface area contributed by atoms with Crippen LogP contribution >= 0.6 is 0 Å². The summed E-state index contributed by atoms with van der Waals surface area (Å²) in [6, 6.07) is 20.6. The highest BCUT2D eigenvalue weighted by Gasteiger charge is 2.35. The molecule has 4 rings (SSSR count). The van der Waals surface area contributed by atoms with E-state index in [9.17, 15) is 13.7 Å². The molecule has 1 fully saturated rings. The van der Waals surface area contributed by atoms with Gasteiger partial charge in [0.2, 0.25) is 5.89 Å². The Labute approximate surface area is 163 Å². The van der Waals surface area contributed by atoms with Gasteiger partial charge in [0.05, 0.1) is 0 Å². The summed E-state index contributed by atoms with van der Waals surface area (Å²) >= 11 is 0. The monoisotopic (exact) mass is 394 g/mol. The molecule has 28 heavy (non-hydrogen) atoms. The summed E-state index contributed by atoms with van der Waals surface area (Å²) < 4.78 is 33.0. The van der Waals surface area contributed by atoms with Gasteiger partial charge in [0.15, 0.2) is 5.69 Å². The molecule has 1 saturated heterocycles. The van der Waals surface area contributed by atoms with Crippen LogP contribution in [0.25, 0.3) is 11.5 Å². The number of sulfonamides is 1. The van der Waals surface area contributed by atoms with E-state index in [4.69, 9.17) is 4.42 Å². The zero-order valence-corrected chi connectivity index (χ0v) is 15.8. The summed E-state index contributed by atoms with van der Waals surface area (Å²) in [6.07, 6.45) is 0. The van der Waals surface area contributed by atoms with Gasteiger partial charge in [-0.05, 0) is 24.3 Å². The molecule has 2 aromatic carbocycles. The molecule has 142 valence electrons. The van der Waals surface area contributed by atoms with Crippen molar-refractivity contribution >= 4 is 15.7 Å². The van der Waals surface area contributed by atoms with E-state index in [0.29, 0.717) is 31.7 Å². The standard InChI is InChI=1S/C20H18N4O3S/c21-15-18-20(27-19(22-18)16-7-3-1-4-8-16)28(25,26)24-13-11-23(12-14-24)17-9-5-2-6-10-17/h1-10H,11-14H2. The van der Waals surface area contributed by atoms with Crippen molar-refractivity contribution in [3.05, 3.63) is 66.4 Å². The molecule has 7 nitrogen and oxygen atoms in total. The number of hydrogen-bond acceptors (Lipinski definition) is 6. The van der Waals surface area contributed by atoms with E-state index in [0.717, 1.165) is 5.69 Å². The second-order valence-corrected chi connectivity index (χ2v) is 8.20. The van der Waals surface area contributed by atoms with E-state index in [-0.39, 0.29) is 16.7 Å². The lowest BCUT2D eigenvalue weighted by Gasteiger charge is -2.34. The summed E-state index contributed by atoms with van der Waals surface area (Å²) in [5.74, 6) is 0.124. The fraction of sp³-hybridized carbons (Fsp3) is 0.200. The molecule has 0 atom stereocenters. The smallest absolute Gasteiger partial charge is 0.279 e. The Morgan fingerprint density at radius 1 is 0.929 bits per heavy atom. The third-order valence-electron chi connectivity index (χ3n) is 4.66. The molecule has 0 bridgehead atoms. The fourth-order valence-electron chi connectivity index (χ4n) is 3.20. The first-order valence-corrected chi connectivity index (χ1v) is 10.3. The molecule has 1 aliphatic heterocycles. The highest BCUT2D eigenvalue weighted by Crippen LogP contribution is 2.28. The summed E-state index contributed by atoms with van der Waals surface area (Å²) in [7, 11) is -3.94. The van der Waals surface area contributed by atoms with Crippen molar-refractivity contribution in [1.29, 1.82) is 5.26 Å². The lowest BCUT2D eigenvalue weighted by atomic mass is 10.2. The number of benzene rings is 2. The number of para-hydroxylation sites is 1. The Kier molecular flexibility index (Phi) is 4.86. The molecule has 0 spiro atoms. The Morgan fingerprint density at radius 2 is 1.54 bits per heavy atom. The van der Waals surface area contributed by atoms with E-state index in [1.165, 1.54) is 4.31 Å². The number of anilines is 1. The van der Waals surface area contributed by atoms with Crippen LogP contribution in [0.2, 0.25) is 0 Å². The molecule has 0 saturated carbocycles. The molecule has 0 unspecified atom stereocenters. The number of aromatic nitrogens is 1. The second kappa shape index (κ2) is 7.46. The summed E-state index contributed by atoms with van der Waals surface area (Å²) in [5, 5.41) is 8.98. The number of nitrogens with zero attached hydrogens (tertiary/aromatic N) is 4. The topological polar surface area (TPSA) is 90.4 Å². The lowest BCUT2D eigenvalue weighted by molar-refractivity contribution is 0.363. The van der Waals surface area contributed by atoms with Gasteiger partial charge in [-0.3, -0.25) is 0 Å². The summed E-state index contributed by atoms with van der Waals surface area (Å²) in [5.41, 5.74) is 1.46. The van der Waals surface area contributed by atoms with Gasteiger partial charge in [-0.2, -0.15) is 14.6 Å². The van der Waals surface area contributed by atoms with Crippen molar-refractivity contribution in [2.75, 3.05) is 31.1 Å². The minimum atomic E-state index is -3.94. The Balaban J connectivity index is 1.58. The largest absolute Gasteiger partial charge is 0.422 e. The zero-order valence-electron chi connectivity index (χ0n) is 15.0. The molecular weight excluding hydrogens is 376 g/mol.